The van der Waals surface area contributed by atoms with E-state index in [-0.39, 0.29) is 17.1 Å². The van der Waals surface area contributed by atoms with Crippen LogP contribution in [-0.2, 0) is 20.3 Å². The molecule has 1 aromatic carbocycles. The molecule has 0 aromatic heterocycles. The summed E-state index contributed by atoms with van der Waals surface area (Å²) < 4.78 is 28.5. The summed E-state index contributed by atoms with van der Waals surface area (Å²) >= 11 is 3.25. The number of halogens is 1. The third-order valence-corrected chi connectivity index (χ3v) is 4.41. The molecule has 0 N–H and O–H groups in total. The predicted octanol–water partition coefficient (Wildman–Crippen LogP) is 2.17. The van der Waals surface area contributed by atoms with Gasteiger partial charge in [0.2, 0.25) is 0 Å². The van der Waals surface area contributed by atoms with Crippen molar-refractivity contribution < 1.29 is 17.9 Å². The molecule has 0 heterocycles. The Morgan fingerprint density at radius 3 is 2.59 bits per heavy atom. The predicted molar refractivity (Wildman–Crippen MR) is 68.6 cm³/mol. The second kappa shape index (κ2) is 5.64. The van der Waals surface area contributed by atoms with Gasteiger partial charge in [0.25, 0.3) is 0 Å². The van der Waals surface area contributed by atoms with Crippen molar-refractivity contribution in [1.29, 1.82) is 0 Å². The summed E-state index contributed by atoms with van der Waals surface area (Å²) in [4.78, 5) is 11.5. The summed E-state index contributed by atoms with van der Waals surface area (Å²) in [5, 5.41) is 0. The second-order valence-corrected chi connectivity index (χ2v) is 6.74. The molecule has 0 saturated heterocycles. The van der Waals surface area contributed by atoms with Crippen molar-refractivity contribution in [1.82, 2.24) is 0 Å². The molecule has 0 aliphatic carbocycles. The number of esters is 1. The lowest BCUT2D eigenvalue weighted by molar-refractivity contribution is 0.0600. The van der Waals surface area contributed by atoms with Crippen LogP contribution in [0.1, 0.15) is 22.8 Å². The Kier molecular flexibility index (Phi) is 4.70. The Hall–Kier alpha value is -0.880. The minimum Gasteiger partial charge on any atom is -0.465 e. The van der Waals surface area contributed by atoms with Crippen LogP contribution in [0.25, 0.3) is 0 Å². The zero-order valence-electron chi connectivity index (χ0n) is 9.57. The molecule has 0 amide bonds. The van der Waals surface area contributed by atoms with E-state index in [2.05, 4.69) is 20.7 Å². The lowest BCUT2D eigenvalue weighted by atomic mass is 10.1. The third-order valence-electron chi connectivity index (χ3n) is 2.29. The highest BCUT2D eigenvalue weighted by atomic mass is 79.9. The van der Waals surface area contributed by atoms with Crippen molar-refractivity contribution in [2.75, 3.05) is 12.9 Å². The summed E-state index contributed by atoms with van der Waals surface area (Å²) in [5.41, 5.74) is 0.737. The molecule has 0 unspecified atom stereocenters. The van der Waals surface area contributed by atoms with Gasteiger partial charge >= 0.3 is 5.97 Å². The first-order valence-electron chi connectivity index (χ1n) is 4.96. The van der Waals surface area contributed by atoms with Crippen molar-refractivity contribution in [3.8, 4) is 0 Å². The number of hydrogen-bond donors (Lipinski definition) is 0. The summed E-state index contributed by atoms with van der Waals surface area (Å²) in [6.07, 6.45) is 0. The first-order chi connectivity index (χ1) is 7.89. The van der Waals surface area contributed by atoms with Crippen molar-refractivity contribution in [2.24, 2.45) is 0 Å². The second-order valence-electron chi connectivity index (χ2n) is 3.47. The number of carbonyl (C=O) groups excluding carboxylic acids is 1. The monoisotopic (exact) mass is 320 g/mol. The van der Waals surface area contributed by atoms with E-state index < -0.39 is 15.8 Å². The van der Waals surface area contributed by atoms with E-state index in [1.165, 1.54) is 7.11 Å². The molecule has 0 radical (unpaired) electrons. The van der Waals surface area contributed by atoms with Crippen LogP contribution in [0.5, 0.6) is 0 Å². The van der Waals surface area contributed by atoms with Gasteiger partial charge in [-0.2, -0.15) is 0 Å². The topological polar surface area (TPSA) is 60.4 Å². The van der Waals surface area contributed by atoms with Crippen LogP contribution in [0.2, 0.25) is 0 Å². The fourth-order valence-corrected chi connectivity index (χ4v) is 2.66. The van der Waals surface area contributed by atoms with Gasteiger partial charge in [-0.15, -0.1) is 0 Å². The Bertz CT molecular complexity index is 522. The van der Waals surface area contributed by atoms with Crippen LogP contribution in [0.15, 0.2) is 22.7 Å². The van der Waals surface area contributed by atoms with Gasteiger partial charge in [0.15, 0.2) is 9.84 Å². The summed E-state index contributed by atoms with van der Waals surface area (Å²) in [7, 11) is -1.92. The summed E-state index contributed by atoms with van der Waals surface area (Å²) in [5.74, 6) is -0.646. The van der Waals surface area contributed by atoms with Crippen molar-refractivity contribution in [3.63, 3.8) is 0 Å². The molecular formula is C11H13BrO4S. The van der Waals surface area contributed by atoms with Crippen LogP contribution in [0.3, 0.4) is 0 Å². The normalized spacial score (nSPS) is 11.2. The smallest absolute Gasteiger partial charge is 0.338 e. The first kappa shape index (κ1) is 14.2. The maximum absolute atomic E-state index is 11.6. The highest BCUT2D eigenvalue weighted by molar-refractivity contribution is 9.10. The molecule has 94 valence electrons. The van der Waals surface area contributed by atoms with E-state index in [1.54, 1.807) is 25.1 Å². The highest BCUT2D eigenvalue weighted by Crippen LogP contribution is 2.20. The van der Waals surface area contributed by atoms with E-state index in [1.807, 2.05) is 0 Å². The van der Waals surface area contributed by atoms with Crippen molar-refractivity contribution >= 4 is 31.7 Å². The van der Waals surface area contributed by atoms with Gasteiger partial charge in [0, 0.05) is 10.2 Å². The van der Waals surface area contributed by atoms with Gasteiger partial charge in [-0.3, -0.25) is 0 Å². The number of benzene rings is 1. The Labute approximate surface area is 109 Å². The average molecular weight is 321 g/mol. The lowest BCUT2D eigenvalue weighted by Gasteiger charge is -2.08. The standard InChI is InChI=1S/C11H13BrO4S/c1-3-17(14,15)7-8-6-9(12)4-5-10(8)11(13)16-2/h4-6H,3,7H2,1-2H3. The van der Waals surface area contributed by atoms with E-state index in [4.69, 9.17) is 0 Å². The molecule has 1 rings (SSSR count). The Morgan fingerprint density at radius 2 is 2.06 bits per heavy atom. The third kappa shape index (κ3) is 3.81. The molecule has 17 heavy (non-hydrogen) atoms. The van der Waals surface area contributed by atoms with Gasteiger partial charge in [0.05, 0.1) is 18.4 Å². The van der Waals surface area contributed by atoms with Gasteiger partial charge in [-0.25, -0.2) is 13.2 Å². The molecular weight excluding hydrogens is 308 g/mol. The van der Waals surface area contributed by atoms with Gasteiger partial charge in [0.1, 0.15) is 0 Å². The van der Waals surface area contributed by atoms with Gasteiger partial charge in [-0.1, -0.05) is 22.9 Å². The number of carbonyl (C=O) groups is 1. The van der Waals surface area contributed by atoms with Crippen LogP contribution >= 0.6 is 15.9 Å². The fourth-order valence-electron chi connectivity index (χ4n) is 1.33. The number of hydrogen-bond acceptors (Lipinski definition) is 4. The zero-order valence-corrected chi connectivity index (χ0v) is 12.0. The number of sulfone groups is 1. The molecule has 0 atom stereocenters. The highest BCUT2D eigenvalue weighted by Gasteiger charge is 2.17. The first-order valence-corrected chi connectivity index (χ1v) is 7.58. The van der Waals surface area contributed by atoms with Gasteiger partial charge < -0.3 is 4.74 Å². The maximum atomic E-state index is 11.6. The number of methoxy groups -OCH3 is 1. The molecule has 6 heteroatoms. The molecule has 0 fully saturated rings. The molecule has 1 aromatic rings. The van der Waals surface area contributed by atoms with E-state index in [9.17, 15) is 13.2 Å². The Morgan fingerprint density at radius 1 is 1.41 bits per heavy atom. The quantitative estimate of drug-likeness (QED) is 0.798. The largest absolute Gasteiger partial charge is 0.465 e. The number of ether oxygens (including phenoxy) is 1. The minimum absolute atomic E-state index is 0.0418. The minimum atomic E-state index is -3.18. The van der Waals surface area contributed by atoms with Crippen LogP contribution in [-0.4, -0.2) is 27.2 Å². The molecule has 0 spiro atoms. The summed E-state index contributed by atoms with van der Waals surface area (Å²) in [6.45, 7) is 1.57. The lowest BCUT2D eigenvalue weighted by Crippen LogP contribution is -2.12. The van der Waals surface area contributed by atoms with Gasteiger partial charge in [-0.05, 0) is 23.8 Å². The van der Waals surface area contributed by atoms with Crippen LogP contribution in [0.4, 0.5) is 0 Å². The van der Waals surface area contributed by atoms with Crippen molar-refractivity contribution in [2.45, 2.75) is 12.7 Å². The summed E-state index contributed by atoms with van der Waals surface area (Å²) in [6, 6.07) is 4.85. The molecule has 0 aliphatic rings. The average Bonchev–Trinajstić information content (AvgIpc) is 2.28. The SMILES string of the molecule is CCS(=O)(=O)Cc1cc(Br)ccc1C(=O)OC. The molecule has 0 bridgehead atoms. The number of rotatable bonds is 4. The van der Waals surface area contributed by atoms with E-state index >= 15 is 0 Å². The molecule has 0 aliphatic heterocycles. The maximum Gasteiger partial charge on any atom is 0.338 e. The van der Waals surface area contributed by atoms with Crippen LogP contribution < -0.4 is 0 Å². The zero-order chi connectivity index (χ0) is 13.1. The van der Waals surface area contributed by atoms with E-state index in [0.29, 0.717) is 5.56 Å². The molecule has 4 nitrogen and oxygen atoms in total. The molecule has 0 saturated carbocycles. The van der Waals surface area contributed by atoms with E-state index in [0.717, 1.165) is 4.47 Å². The van der Waals surface area contributed by atoms with Crippen LogP contribution in [0, 0.1) is 0 Å². The van der Waals surface area contributed by atoms with Crippen molar-refractivity contribution in [3.05, 3.63) is 33.8 Å². The fraction of sp³-hybridized carbons (Fsp3) is 0.364. The Balaban J connectivity index is 3.21.